The molecule has 172 valence electrons. The number of anilines is 2. The smallest absolute Gasteiger partial charge is 0.297 e. The first-order valence-electron chi connectivity index (χ1n) is 10.8. The molecule has 9 heteroatoms. The van der Waals surface area contributed by atoms with Crippen LogP contribution in [-0.2, 0) is 4.79 Å². The molecule has 5 rings (SSSR count). The molecular weight excluding hydrogens is 460 g/mol. The Labute approximate surface area is 205 Å². The van der Waals surface area contributed by atoms with Gasteiger partial charge in [0.2, 0.25) is 11.7 Å². The fraction of sp³-hybridized carbons (Fsp3) is 0.0385. The van der Waals surface area contributed by atoms with E-state index in [1.165, 1.54) is 18.3 Å². The number of carbonyl (C=O) groups excluding carboxylic acids is 2. The van der Waals surface area contributed by atoms with Crippen molar-refractivity contribution in [1.29, 1.82) is 0 Å². The lowest BCUT2D eigenvalue weighted by Crippen LogP contribution is -2.14. The minimum atomic E-state index is -0.446. The summed E-state index contributed by atoms with van der Waals surface area (Å²) in [6.07, 6.45) is 0. The minimum absolute atomic E-state index is 0.0455. The lowest BCUT2D eigenvalue weighted by molar-refractivity contribution is -0.114. The van der Waals surface area contributed by atoms with Gasteiger partial charge in [-0.2, -0.15) is 0 Å². The number of nitrogens with zero attached hydrogens (tertiary/aromatic N) is 4. The average molecular weight is 481 g/mol. The monoisotopic (exact) mass is 480 g/mol. The van der Waals surface area contributed by atoms with Crippen molar-refractivity contribution in [3.63, 3.8) is 0 Å². The number of rotatable bonds is 6. The summed E-state index contributed by atoms with van der Waals surface area (Å²) in [5.74, 6) is 0.0408. The molecule has 0 aliphatic heterocycles. The maximum atomic E-state index is 13.0. The van der Waals surface area contributed by atoms with Gasteiger partial charge >= 0.3 is 0 Å². The highest BCUT2D eigenvalue weighted by Crippen LogP contribution is 2.27. The third-order valence-electron chi connectivity index (χ3n) is 5.07. The van der Waals surface area contributed by atoms with Gasteiger partial charge in [-0.15, -0.1) is 16.4 Å². The van der Waals surface area contributed by atoms with Crippen LogP contribution in [0.4, 0.5) is 10.8 Å². The predicted molar refractivity (Wildman–Crippen MR) is 137 cm³/mol. The SMILES string of the molecule is CC(=O)Nc1ccc(-c2csc(NC(=O)c3nc(-c4ccccc4)n(-c4ccccc4)n3)n2)cc1. The summed E-state index contributed by atoms with van der Waals surface area (Å²) in [6.45, 7) is 1.46. The summed E-state index contributed by atoms with van der Waals surface area (Å²) in [5, 5.41) is 12.3. The zero-order valence-corrected chi connectivity index (χ0v) is 19.5. The van der Waals surface area contributed by atoms with Gasteiger partial charge in [0.05, 0.1) is 11.4 Å². The Bertz CT molecular complexity index is 1420. The van der Waals surface area contributed by atoms with Crippen LogP contribution >= 0.6 is 11.3 Å². The Balaban J connectivity index is 1.38. The predicted octanol–water partition coefficient (Wildman–Crippen LogP) is 5.27. The lowest BCUT2D eigenvalue weighted by Gasteiger charge is -2.05. The average Bonchev–Trinajstić information content (AvgIpc) is 3.53. The van der Waals surface area contributed by atoms with E-state index < -0.39 is 5.91 Å². The van der Waals surface area contributed by atoms with Gasteiger partial charge in [0.1, 0.15) is 0 Å². The largest absolute Gasteiger partial charge is 0.326 e. The number of hydrogen-bond donors (Lipinski definition) is 2. The molecule has 0 spiro atoms. The quantitative estimate of drug-likeness (QED) is 0.345. The molecule has 0 aliphatic carbocycles. The van der Waals surface area contributed by atoms with E-state index in [9.17, 15) is 9.59 Å². The number of nitrogens with one attached hydrogen (secondary N) is 2. The van der Waals surface area contributed by atoms with Crippen LogP contribution in [-0.4, -0.2) is 31.6 Å². The van der Waals surface area contributed by atoms with E-state index in [2.05, 4.69) is 25.7 Å². The van der Waals surface area contributed by atoms with Crippen LogP contribution in [0.3, 0.4) is 0 Å². The molecule has 0 fully saturated rings. The number of thiazole rings is 1. The maximum Gasteiger partial charge on any atom is 0.297 e. The zero-order chi connectivity index (χ0) is 24.2. The molecule has 3 aromatic carbocycles. The molecular formula is C26H20N6O2S. The number of hydrogen-bond acceptors (Lipinski definition) is 6. The van der Waals surface area contributed by atoms with Crippen LogP contribution in [0.5, 0.6) is 0 Å². The van der Waals surface area contributed by atoms with Gasteiger partial charge < -0.3 is 5.32 Å². The molecule has 0 aliphatic rings. The van der Waals surface area contributed by atoms with Crippen molar-refractivity contribution < 1.29 is 9.59 Å². The molecule has 0 bridgehead atoms. The number of aromatic nitrogens is 4. The third kappa shape index (κ3) is 4.99. The third-order valence-corrected chi connectivity index (χ3v) is 5.83. The summed E-state index contributed by atoms with van der Waals surface area (Å²) >= 11 is 1.31. The molecule has 5 aromatic rings. The summed E-state index contributed by atoms with van der Waals surface area (Å²) < 4.78 is 1.66. The fourth-order valence-electron chi connectivity index (χ4n) is 3.48. The first kappa shape index (κ1) is 22.2. The van der Waals surface area contributed by atoms with Gasteiger partial charge in [-0.25, -0.2) is 14.6 Å². The van der Waals surface area contributed by atoms with E-state index in [-0.39, 0.29) is 11.7 Å². The molecule has 2 amide bonds. The first-order chi connectivity index (χ1) is 17.1. The van der Waals surface area contributed by atoms with Gasteiger partial charge in [-0.05, 0) is 24.3 Å². The molecule has 0 saturated heterocycles. The van der Waals surface area contributed by atoms with Crippen LogP contribution in [0.25, 0.3) is 28.3 Å². The molecule has 2 aromatic heterocycles. The molecule has 0 saturated carbocycles. The van der Waals surface area contributed by atoms with Crippen LogP contribution < -0.4 is 10.6 Å². The van der Waals surface area contributed by atoms with Crippen molar-refractivity contribution in [2.45, 2.75) is 6.92 Å². The lowest BCUT2D eigenvalue weighted by atomic mass is 10.1. The molecule has 2 heterocycles. The topological polar surface area (TPSA) is 102 Å². The number of para-hydroxylation sites is 1. The van der Waals surface area contributed by atoms with Gasteiger partial charge in [0.15, 0.2) is 11.0 Å². The molecule has 35 heavy (non-hydrogen) atoms. The van der Waals surface area contributed by atoms with E-state index in [1.807, 2.05) is 78.2 Å². The summed E-state index contributed by atoms with van der Waals surface area (Å²) in [4.78, 5) is 33.3. The number of carbonyl (C=O) groups is 2. The minimum Gasteiger partial charge on any atom is -0.326 e. The number of amides is 2. The molecule has 0 atom stereocenters. The van der Waals surface area contributed by atoms with Crippen molar-refractivity contribution >= 4 is 34.0 Å². The van der Waals surface area contributed by atoms with E-state index in [1.54, 1.807) is 16.8 Å². The van der Waals surface area contributed by atoms with E-state index in [0.29, 0.717) is 22.3 Å². The van der Waals surface area contributed by atoms with Crippen LogP contribution in [0.15, 0.2) is 90.3 Å². The molecule has 8 nitrogen and oxygen atoms in total. The van der Waals surface area contributed by atoms with Crippen molar-refractivity contribution in [3.8, 4) is 28.3 Å². The van der Waals surface area contributed by atoms with Gasteiger partial charge in [0.25, 0.3) is 5.91 Å². The van der Waals surface area contributed by atoms with Gasteiger partial charge in [-0.1, -0.05) is 60.7 Å². The van der Waals surface area contributed by atoms with Crippen LogP contribution in [0.1, 0.15) is 17.5 Å². The van der Waals surface area contributed by atoms with E-state index in [4.69, 9.17) is 0 Å². The van der Waals surface area contributed by atoms with Crippen molar-refractivity contribution in [1.82, 2.24) is 19.7 Å². The Kier molecular flexibility index (Phi) is 6.15. The highest BCUT2D eigenvalue weighted by atomic mass is 32.1. The summed E-state index contributed by atoms with van der Waals surface area (Å²) in [7, 11) is 0. The van der Waals surface area contributed by atoms with E-state index >= 15 is 0 Å². The second-order valence-corrected chi connectivity index (χ2v) is 8.48. The van der Waals surface area contributed by atoms with Crippen LogP contribution in [0, 0.1) is 0 Å². The number of benzene rings is 3. The first-order valence-corrected chi connectivity index (χ1v) is 11.7. The molecule has 0 radical (unpaired) electrons. The Morgan fingerprint density at radius 1 is 0.800 bits per heavy atom. The molecule has 0 unspecified atom stereocenters. The highest BCUT2D eigenvalue weighted by molar-refractivity contribution is 7.14. The van der Waals surface area contributed by atoms with Crippen molar-refractivity contribution in [2.24, 2.45) is 0 Å². The van der Waals surface area contributed by atoms with Gasteiger partial charge in [0, 0.05) is 29.1 Å². The highest BCUT2D eigenvalue weighted by Gasteiger charge is 2.20. The molecule has 2 N–H and O–H groups in total. The second kappa shape index (κ2) is 9.70. The van der Waals surface area contributed by atoms with E-state index in [0.717, 1.165) is 16.8 Å². The Morgan fingerprint density at radius 2 is 1.49 bits per heavy atom. The normalized spacial score (nSPS) is 10.7. The van der Waals surface area contributed by atoms with Crippen LogP contribution in [0.2, 0.25) is 0 Å². The second-order valence-electron chi connectivity index (χ2n) is 7.62. The Hall–Kier alpha value is -4.63. The summed E-state index contributed by atoms with van der Waals surface area (Å²) in [5.41, 5.74) is 3.94. The summed E-state index contributed by atoms with van der Waals surface area (Å²) in [6, 6.07) is 26.5. The Morgan fingerprint density at radius 3 is 2.17 bits per heavy atom. The van der Waals surface area contributed by atoms with Gasteiger partial charge in [-0.3, -0.25) is 14.9 Å². The van der Waals surface area contributed by atoms with Crippen molar-refractivity contribution in [2.75, 3.05) is 10.6 Å². The zero-order valence-electron chi connectivity index (χ0n) is 18.7. The fourth-order valence-corrected chi connectivity index (χ4v) is 4.19. The maximum absolute atomic E-state index is 13.0. The van der Waals surface area contributed by atoms with Crippen molar-refractivity contribution in [3.05, 3.63) is 96.1 Å². The standard InChI is InChI=1S/C26H20N6O2S/c1-17(33)27-20-14-12-18(13-15-20)22-16-35-26(28-22)30-25(34)23-29-24(19-8-4-2-5-9-19)32(31-23)21-10-6-3-7-11-21/h2-16H,1H3,(H,27,33)(H,28,30,34).